The molecular weight excluding hydrogens is 317 g/mol. The number of nitrogens with one attached hydrogen (secondary N) is 1. The van der Waals surface area contributed by atoms with Crippen LogP contribution in [0.5, 0.6) is 0 Å². The minimum Gasteiger partial charge on any atom is -0.344 e. The Morgan fingerprint density at radius 2 is 2.10 bits per heavy atom. The second kappa shape index (κ2) is 8.17. The number of hydrogen-bond donors (Lipinski definition) is 2. The molecule has 0 bridgehead atoms. The van der Waals surface area contributed by atoms with E-state index in [0.717, 1.165) is 36.4 Å². The minimum atomic E-state index is -0.237. The SMILES string of the molecule is Cc1csc(C2(NC(=O)C(C)CN)CCCC2)n1.Cl.Cl. The van der Waals surface area contributed by atoms with E-state index in [0.29, 0.717) is 6.54 Å². The van der Waals surface area contributed by atoms with Crippen molar-refractivity contribution in [2.24, 2.45) is 11.7 Å². The van der Waals surface area contributed by atoms with Crippen LogP contribution in [0.15, 0.2) is 5.38 Å². The van der Waals surface area contributed by atoms with Gasteiger partial charge in [0.05, 0.1) is 5.54 Å². The van der Waals surface area contributed by atoms with Crippen LogP contribution in [0.4, 0.5) is 0 Å². The fourth-order valence-electron chi connectivity index (χ4n) is 2.41. The van der Waals surface area contributed by atoms with E-state index in [1.807, 2.05) is 19.2 Å². The summed E-state index contributed by atoms with van der Waals surface area (Å²) in [6.45, 7) is 4.25. The number of thiazole rings is 1. The number of carbonyl (C=O) groups excluding carboxylic acids is 1. The van der Waals surface area contributed by atoms with Gasteiger partial charge in [0.2, 0.25) is 5.91 Å². The van der Waals surface area contributed by atoms with Crippen LogP contribution in [0.3, 0.4) is 0 Å². The molecule has 20 heavy (non-hydrogen) atoms. The average Bonchev–Trinajstić information content (AvgIpc) is 2.98. The van der Waals surface area contributed by atoms with Gasteiger partial charge in [0, 0.05) is 23.5 Å². The van der Waals surface area contributed by atoms with Gasteiger partial charge in [-0.05, 0) is 19.8 Å². The minimum absolute atomic E-state index is 0. The van der Waals surface area contributed by atoms with E-state index in [1.165, 1.54) is 0 Å². The normalized spacial score (nSPS) is 17.8. The van der Waals surface area contributed by atoms with Crippen LogP contribution in [0.2, 0.25) is 0 Å². The van der Waals surface area contributed by atoms with Gasteiger partial charge in [-0.25, -0.2) is 4.98 Å². The molecule has 7 heteroatoms. The smallest absolute Gasteiger partial charge is 0.224 e. The molecule has 0 radical (unpaired) electrons. The molecule has 1 fully saturated rings. The highest BCUT2D eigenvalue weighted by atomic mass is 35.5. The van der Waals surface area contributed by atoms with Crippen LogP contribution >= 0.6 is 36.2 Å². The number of carbonyl (C=O) groups is 1. The highest BCUT2D eigenvalue weighted by Crippen LogP contribution is 2.40. The highest BCUT2D eigenvalue weighted by molar-refractivity contribution is 7.09. The summed E-state index contributed by atoms with van der Waals surface area (Å²) in [6, 6.07) is 0. The van der Waals surface area contributed by atoms with Gasteiger partial charge in [-0.3, -0.25) is 4.79 Å². The van der Waals surface area contributed by atoms with Crippen molar-refractivity contribution < 1.29 is 4.79 Å². The second-order valence-corrected chi connectivity index (χ2v) is 6.07. The zero-order chi connectivity index (χ0) is 13.2. The van der Waals surface area contributed by atoms with Crippen molar-refractivity contribution in [3.8, 4) is 0 Å². The van der Waals surface area contributed by atoms with Crippen LogP contribution in [0, 0.1) is 12.8 Å². The van der Waals surface area contributed by atoms with Gasteiger partial charge >= 0.3 is 0 Å². The Hall–Kier alpha value is -0.360. The van der Waals surface area contributed by atoms with Crippen LogP contribution in [-0.2, 0) is 10.3 Å². The summed E-state index contributed by atoms with van der Waals surface area (Å²) >= 11 is 1.65. The van der Waals surface area contributed by atoms with Crippen molar-refractivity contribution >= 4 is 42.1 Å². The predicted molar refractivity (Wildman–Crippen MR) is 87.9 cm³/mol. The molecule has 1 saturated carbocycles. The topological polar surface area (TPSA) is 68.0 Å². The lowest BCUT2D eigenvalue weighted by molar-refractivity contribution is -0.126. The Kier molecular flexibility index (Phi) is 8.03. The van der Waals surface area contributed by atoms with Crippen molar-refractivity contribution in [3.63, 3.8) is 0 Å². The number of rotatable bonds is 4. The molecular formula is C13H23Cl2N3OS. The van der Waals surface area contributed by atoms with E-state index >= 15 is 0 Å². The first-order valence-electron chi connectivity index (χ1n) is 6.52. The van der Waals surface area contributed by atoms with Crippen molar-refractivity contribution in [2.75, 3.05) is 6.54 Å². The molecule has 3 N–H and O–H groups in total. The molecule has 1 atom stereocenters. The maximum absolute atomic E-state index is 12.1. The Morgan fingerprint density at radius 3 is 2.55 bits per heavy atom. The summed E-state index contributed by atoms with van der Waals surface area (Å²) in [6.07, 6.45) is 4.28. The van der Waals surface area contributed by atoms with Crippen molar-refractivity contribution in [2.45, 2.75) is 45.1 Å². The average molecular weight is 340 g/mol. The summed E-state index contributed by atoms with van der Waals surface area (Å²) in [5.41, 5.74) is 6.35. The molecule has 1 aliphatic carbocycles. The number of halogens is 2. The number of nitrogens with zero attached hydrogens (tertiary/aromatic N) is 1. The standard InChI is InChI=1S/C13H21N3OS.2ClH/c1-9(7-14)11(17)16-13(5-3-4-6-13)12-15-10(2)8-18-12;;/h8-9H,3-7,14H2,1-2H3,(H,16,17);2*1H. The van der Waals surface area contributed by atoms with Gasteiger partial charge in [0.15, 0.2) is 0 Å². The zero-order valence-corrected chi connectivity index (χ0v) is 14.3. The predicted octanol–water partition coefficient (Wildman–Crippen LogP) is 2.78. The van der Waals surface area contributed by atoms with Crippen LogP contribution < -0.4 is 11.1 Å². The van der Waals surface area contributed by atoms with Gasteiger partial charge in [0.25, 0.3) is 0 Å². The molecule has 2 rings (SSSR count). The van der Waals surface area contributed by atoms with Gasteiger partial charge < -0.3 is 11.1 Å². The first-order chi connectivity index (χ1) is 8.57. The van der Waals surface area contributed by atoms with E-state index in [-0.39, 0.29) is 42.2 Å². The van der Waals surface area contributed by atoms with Gasteiger partial charge in [-0.15, -0.1) is 36.2 Å². The van der Waals surface area contributed by atoms with E-state index in [2.05, 4.69) is 10.3 Å². The molecule has 1 aromatic heterocycles. The fourth-order valence-corrected chi connectivity index (χ4v) is 3.42. The molecule has 1 amide bonds. The highest BCUT2D eigenvalue weighted by Gasteiger charge is 2.40. The number of nitrogens with two attached hydrogens (primary N) is 1. The summed E-state index contributed by atoms with van der Waals surface area (Å²) in [5, 5.41) is 6.30. The third kappa shape index (κ3) is 4.07. The van der Waals surface area contributed by atoms with Gasteiger partial charge in [-0.2, -0.15) is 0 Å². The molecule has 0 aliphatic heterocycles. The number of amides is 1. The molecule has 0 spiro atoms. The maximum Gasteiger partial charge on any atom is 0.224 e. The van der Waals surface area contributed by atoms with E-state index < -0.39 is 0 Å². The molecule has 116 valence electrons. The Morgan fingerprint density at radius 1 is 1.50 bits per heavy atom. The lowest BCUT2D eigenvalue weighted by atomic mass is 9.97. The van der Waals surface area contributed by atoms with E-state index in [1.54, 1.807) is 11.3 Å². The largest absolute Gasteiger partial charge is 0.344 e. The summed E-state index contributed by atoms with van der Waals surface area (Å²) in [5.74, 6) is -0.0872. The Bertz CT molecular complexity index is 433. The fraction of sp³-hybridized carbons (Fsp3) is 0.692. The monoisotopic (exact) mass is 339 g/mol. The van der Waals surface area contributed by atoms with Crippen molar-refractivity contribution in [3.05, 3.63) is 16.1 Å². The Balaban J connectivity index is 0.00000180. The maximum atomic E-state index is 12.1. The van der Waals surface area contributed by atoms with Crippen LogP contribution in [0.25, 0.3) is 0 Å². The molecule has 4 nitrogen and oxygen atoms in total. The molecule has 0 saturated heterocycles. The van der Waals surface area contributed by atoms with Crippen LogP contribution in [0.1, 0.15) is 43.3 Å². The summed E-state index contributed by atoms with van der Waals surface area (Å²) < 4.78 is 0. The first-order valence-corrected chi connectivity index (χ1v) is 7.40. The first kappa shape index (κ1) is 19.6. The van der Waals surface area contributed by atoms with E-state index in [4.69, 9.17) is 5.73 Å². The van der Waals surface area contributed by atoms with E-state index in [9.17, 15) is 4.79 Å². The third-order valence-corrected chi connectivity index (χ3v) is 4.81. The third-order valence-electron chi connectivity index (χ3n) is 3.65. The molecule has 1 aliphatic rings. The zero-order valence-electron chi connectivity index (χ0n) is 11.8. The van der Waals surface area contributed by atoms with Crippen molar-refractivity contribution in [1.29, 1.82) is 0 Å². The molecule has 1 heterocycles. The quantitative estimate of drug-likeness (QED) is 0.886. The molecule has 0 aromatic carbocycles. The van der Waals surface area contributed by atoms with Crippen molar-refractivity contribution in [1.82, 2.24) is 10.3 Å². The lowest BCUT2D eigenvalue weighted by Crippen LogP contribution is -2.47. The van der Waals surface area contributed by atoms with Gasteiger partial charge in [0.1, 0.15) is 5.01 Å². The van der Waals surface area contributed by atoms with Gasteiger partial charge in [-0.1, -0.05) is 19.8 Å². The molecule has 1 aromatic rings. The number of hydrogen-bond acceptors (Lipinski definition) is 4. The second-order valence-electron chi connectivity index (χ2n) is 5.21. The Labute approximate surface area is 136 Å². The summed E-state index contributed by atoms with van der Waals surface area (Å²) in [7, 11) is 0. The summed E-state index contributed by atoms with van der Waals surface area (Å²) in [4.78, 5) is 16.7. The number of aryl methyl sites for hydroxylation is 1. The molecule has 1 unspecified atom stereocenters. The van der Waals surface area contributed by atoms with Crippen LogP contribution in [-0.4, -0.2) is 17.4 Å². The number of aromatic nitrogens is 1. The lowest BCUT2D eigenvalue weighted by Gasteiger charge is -2.29.